The topological polar surface area (TPSA) is 3.24 Å². The Morgan fingerprint density at radius 3 is 2.29 bits per heavy atom. The molecule has 1 aliphatic rings. The molecule has 1 heterocycles. The maximum Gasteiger partial charge on any atom is 0.0780 e. The van der Waals surface area contributed by atoms with Crippen LogP contribution in [0.4, 0.5) is 0 Å². The average molecular weight is 231 g/mol. The quantitative estimate of drug-likeness (QED) is 0.649. The Morgan fingerprint density at radius 1 is 1.21 bits per heavy atom. The molecule has 0 spiro atoms. The Labute approximate surface area is 96.7 Å². The molecular weight excluding hydrogens is 210 g/mol. The molecule has 0 aromatic rings. The summed E-state index contributed by atoms with van der Waals surface area (Å²) in [6, 6.07) is 0. The Bertz CT molecular complexity index is 172. The van der Waals surface area contributed by atoms with E-state index < -0.39 is 0 Å². The zero-order chi connectivity index (χ0) is 10.2. The highest BCUT2D eigenvalue weighted by molar-refractivity contribution is 8.21. The molecule has 0 amide bonds. The minimum absolute atomic E-state index is 1.21. The van der Waals surface area contributed by atoms with Gasteiger partial charge in [-0.3, -0.25) is 0 Å². The van der Waals surface area contributed by atoms with Crippen LogP contribution in [-0.2, 0) is 0 Å². The van der Waals surface area contributed by atoms with Crippen LogP contribution < -0.4 is 0 Å². The van der Waals surface area contributed by atoms with Crippen molar-refractivity contribution in [2.45, 2.75) is 39.5 Å². The number of hydrogen-bond donors (Lipinski definition) is 0. The van der Waals surface area contributed by atoms with Gasteiger partial charge in [-0.05, 0) is 12.8 Å². The van der Waals surface area contributed by atoms with Crippen molar-refractivity contribution < 1.29 is 0 Å². The van der Waals surface area contributed by atoms with Gasteiger partial charge >= 0.3 is 0 Å². The number of rotatable bonds is 7. The van der Waals surface area contributed by atoms with Gasteiger partial charge < -0.3 is 4.90 Å². The van der Waals surface area contributed by atoms with E-state index in [0.717, 1.165) is 0 Å². The molecule has 0 bridgehead atoms. The van der Waals surface area contributed by atoms with Gasteiger partial charge in [0, 0.05) is 23.6 Å². The fourth-order valence-corrected chi connectivity index (χ4v) is 3.59. The van der Waals surface area contributed by atoms with Crippen molar-refractivity contribution in [3.05, 3.63) is 10.4 Å². The molecular formula is C11H21NS2. The van der Waals surface area contributed by atoms with Crippen molar-refractivity contribution in [2.75, 3.05) is 18.2 Å². The Morgan fingerprint density at radius 2 is 1.86 bits per heavy atom. The first-order chi connectivity index (χ1) is 6.88. The molecule has 0 radical (unpaired) electrons. The van der Waals surface area contributed by atoms with E-state index in [9.17, 15) is 0 Å². The second-order valence-electron chi connectivity index (χ2n) is 3.58. The van der Waals surface area contributed by atoms with Crippen molar-refractivity contribution in [1.82, 2.24) is 4.90 Å². The standard InChI is InChI=1S/C11H21NS2/c1-3-5-7-12(8-6-4-2)11-9-13-10-14-11/h9H,3-8,10H2,1-2H3. The monoisotopic (exact) mass is 231 g/mol. The third-order valence-electron chi connectivity index (χ3n) is 2.33. The van der Waals surface area contributed by atoms with Gasteiger partial charge in [-0.1, -0.05) is 38.5 Å². The van der Waals surface area contributed by atoms with Gasteiger partial charge in [0.15, 0.2) is 0 Å². The summed E-state index contributed by atoms with van der Waals surface area (Å²) in [7, 11) is 0. The lowest BCUT2D eigenvalue weighted by Gasteiger charge is -2.24. The van der Waals surface area contributed by atoms with Crippen molar-refractivity contribution in [3.8, 4) is 0 Å². The smallest absolute Gasteiger partial charge is 0.0780 e. The first kappa shape index (κ1) is 12.3. The molecule has 1 rings (SSSR count). The number of hydrogen-bond acceptors (Lipinski definition) is 3. The molecule has 0 aromatic heterocycles. The molecule has 0 unspecified atom stereocenters. The Hall–Kier alpha value is 0.240. The predicted octanol–water partition coefficient (Wildman–Crippen LogP) is 4.13. The van der Waals surface area contributed by atoms with Gasteiger partial charge in [0.25, 0.3) is 0 Å². The fourth-order valence-electron chi connectivity index (χ4n) is 1.43. The van der Waals surface area contributed by atoms with Gasteiger partial charge in [-0.15, -0.1) is 11.8 Å². The number of unbranched alkanes of at least 4 members (excludes halogenated alkanes) is 2. The molecule has 0 aliphatic carbocycles. The molecule has 3 heteroatoms. The second kappa shape index (κ2) is 7.52. The fraction of sp³-hybridized carbons (Fsp3) is 0.818. The summed E-state index contributed by atoms with van der Waals surface area (Å²) < 4.78 is 0. The van der Waals surface area contributed by atoms with Crippen LogP contribution in [0.3, 0.4) is 0 Å². The summed E-state index contributed by atoms with van der Waals surface area (Å²) in [5.41, 5.74) is 0. The molecule has 0 saturated heterocycles. The van der Waals surface area contributed by atoms with Gasteiger partial charge in [-0.25, -0.2) is 0 Å². The maximum atomic E-state index is 2.57. The lowest BCUT2D eigenvalue weighted by atomic mass is 10.3. The first-order valence-electron chi connectivity index (χ1n) is 5.58. The largest absolute Gasteiger partial charge is 0.366 e. The van der Waals surface area contributed by atoms with E-state index in [4.69, 9.17) is 0 Å². The van der Waals surface area contributed by atoms with E-state index in [-0.39, 0.29) is 0 Å². The van der Waals surface area contributed by atoms with Gasteiger partial charge in [0.2, 0.25) is 0 Å². The minimum Gasteiger partial charge on any atom is -0.366 e. The molecule has 0 fully saturated rings. The van der Waals surface area contributed by atoms with Crippen molar-refractivity contribution in [2.24, 2.45) is 0 Å². The summed E-state index contributed by atoms with van der Waals surface area (Å²) in [5, 5.41) is 5.05. The highest BCUT2D eigenvalue weighted by atomic mass is 32.2. The van der Waals surface area contributed by atoms with Crippen LogP contribution in [0.25, 0.3) is 0 Å². The van der Waals surface area contributed by atoms with Crippen LogP contribution in [0.1, 0.15) is 39.5 Å². The summed E-state index contributed by atoms with van der Waals surface area (Å²) in [4.78, 5) is 2.57. The lowest BCUT2D eigenvalue weighted by Crippen LogP contribution is -2.23. The number of thioether (sulfide) groups is 2. The van der Waals surface area contributed by atoms with Crippen LogP contribution >= 0.6 is 23.5 Å². The number of nitrogens with zero attached hydrogens (tertiary/aromatic N) is 1. The zero-order valence-electron chi connectivity index (χ0n) is 9.29. The van der Waals surface area contributed by atoms with Gasteiger partial charge in [0.1, 0.15) is 0 Å². The molecule has 0 aromatic carbocycles. The SMILES string of the molecule is CCCCN(CCCC)C1=CSCS1. The zero-order valence-corrected chi connectivity index (χ0v) is 10.9. The summed E-state index contributed by atoms with van der Waals surface area (Å²) >= 11 is 3.94. The molecule has 0 saturated carbocycles. The summed E-state index contributed by atoms with van der Waals surface area (Å²) in [6.07, 6.45) is 5.25. The van der Waals surface area contributed by atoms with Crippen molar-refractivity contribution in [3.63, 3.8) is 0 Å². The highest BCUT2D eigenvalue weighted by Crippen LogP contribution is 2.34. The molecule has 0 N–H and O–H groups in total. The van der Waals surface area contributed by atoms with E-state index >= 15 is 0 Å². The van der Waals surface area contributed by atoms with Crippen LogP contribution in [0.2, 0.25) is 0 Å². The molecule has 82 valence electrons. The molecule has 14 heavy (non-hydrogen) atoms. The molecule has 0 atom stereocenters. The Balaban J connectivity index is 2.34. The molecule has 1 nitrogen and oxygen atoms in total. The van der Waals surface area contributed by atoms with Gasteiger partial charge in [-0.2, -0.15) is 0 Å². The van der Waals surface area contributed by atoms with E-state index in [1.165, 1.54) is 48.9 Å². The third-order valence-corrected chi connectivity index (χ3v) is 4.56. The highest BCUT2D eigenvalue weighted by Gasteiger charge is 2.13. The van der Waals surface area contributed by atoms with Gasteiger partial charge in [0.05, 0.1) is 5.03 Å². The normalized spacial score (nSPS) is 15.7. The second-order valence-corrected chi connectivity index (χ2v) is 5.80. The van der Waals surface area contributed by atoms with E-state index in [1.807, 2.05) is 23.5 Å². The molecule has 1 aliphatic heterocycles. The van der Waals surface area contributed by atoms with Crippen LogP contribution in [0.15, 0.2) is 10.4 Å². The Kier molecular flexibility index (Phi) is 6.61. The van der Waals surface area contributed by atoms with Crippen LogP contribution in [0.5, 0.6) is 0 Å². The van der Waals surface area contributed by atoms with E-state index in [1.54, 1.807) is 0 Å². The van der Waals surface area contributed by atoms with Crippen molar-refractivity contribution >= 4 is 23.5 Å². The van der Waals surface area contributed by atoms with E-state index in [2.05, 4.69) is 24.2 Å². The summed E-state index contributed by atoms with van der Waals surface area (Å²) in [5.74, 6) is 0. The predicted molar refractivity (Wildman–Crippen MR) is 69.5 cm³/mol. The first-order valence-corrected chi connectivity index (χ1v) is 7.61. The lowest BCUT2D eigenvalue weighted by molar-refractivity contribution is 0.353. The minimum atomic E-state index is 1.21. The summed E-state index contributed by atoms with van der Waals surface area (Å²) in [6.45, 7) is 7.03. The van der Waals surface area contributed by atoms with E-state index in [0.29, 0.717) is 0 Å². The van der Waals surface area contributed by atoms with Crippen LogP contribution in [-0.4, -0.2) is 23.1 Å². The third kappa shape index (κ3) is 4.18. The average Bonchev–Trinajstić information content (AvgIpc) is 2.71. The maximum absolute atomic E-state index is 2.57. The van der Waals surface area contributed by atoms with Crippen LogP contribution in [0, 0.1) is 0 Å². The van der Waals surface area contributed by atoms with Crippen molar-refractivity contribution in [1.29, 1.82) is 0 Å².